The van der Waals surface area contributed by atoms with E-state index in [-0.39, 0.29) is 5.96 Å². The Kier molecular flexibility index (Phi) is 3.66. The van der Waals surface area contributed by atoms with E-state index in [1.54, 1.807) is 16.8 Å². The van der Waals surface area contributed by atoms with E-state index in [2.05, 4.69) is 9.98 Å². The molecule has 1 heterocycles. The lowest BCUT2D eigenvalue weighted by molar-refractivity contribution is 0.232. The van der Waals surface area contributed by atoms with Crippen molar-refractivity contribution < 1.29 is 5.21 Å². The van der Waals surface area contributed by atoms with Crippen LogP contribution in [0.3, 0.4) is 0 Å². The minimum absolute atomic E-state index is 0.0354. The molecule has 0 radical (unpaired) electrons. The lowest BCUT2D eigenvalue weighted by Crippen LogP contribution is -2.28. The second-order valence-electron chi connectivity index (χ2n) is 2.51. The van der Waals surface area contributed by atoms with Gasteiger partial charge in [0.1, 0.15) is 0 Å². The Labute approximate surface area is 80.3 Å². The highest BCUT2D eigenvalue weighted by Crippen LogP contribution is 2.08. The van der Waals surface area contributed by atoms with Crippen LogP contribution in [0.2, 0.25) is 0 Å². The van der Waals surface area contributed by atoms with Gasteiger partial charge in [-0.2, -0.15) is 0 Å². The molecule has 0 spiro atoms. The number of guanidine groups is 1. The van der Waals surface area contributed by atoms with Crippen LogP contribution in [-0.4, -0.2) is 22.7 Å². The van der Waals surface area contributed by atoms with E-state index in [0.29, 0.717) is 6.54 Å². The van der Waals surface area contributed by atoms with Crippen molar-refractivity contribution in [1.29, 1.82) is 0 Å². The predicted octanol–water partition coefficient (Wildman–Crippen LogP) is 0.288. The van der Waals surface area contributed by atoms with E-state index < -0.39 is 0 Å². The van der Waals surface area contributed by atoms with Gasteiger partial charge < -0.3 is 5.73 Å². The maximum Gasteiger partial charge on any atom is 0.212 e. The second kappa shape index (κ2) is 4.78. The Balaban J connectivity index is 2.35. The first-order valence-electron chi connectivity index (χ1n) is 3.83. The second-order valence-corrected chi connectivity index (χ2v) is 3.45. The van der Waals surface area contributed by atoms with Crippen LogP contribution in [-0.2, 0) is 6.42 Å². The smallest absolute Gasteiger partial charge is 0.212 e. The van der Waals surface area contributed by atoms with E-state index in [1.807, 2.05) is 12.3 Å². The molecule has 0 aliphatic heterocycles. The summed E-state index contributed by atoms with van der Waals surface area (Å²) >= 11 is 1.60. The van der Waals surface area contributed by atoms with Gasteiger partial charge in [0.05, 0.1) is 5.01 Å². The fourth-order valence-corrected chi connectivity index (χ4v) is 1.59. The van der Waals surface area contributed by atoms with Crippen molar-refractivity contribution in [3.8, 4) is 0 Å². The van der Waals surface area contributed by atoms with E-state index >= 15 is 0 Å². The number of hydroxylamine groups is 1. The number of rotatable bonds is 3. The van der Waals surface area contributed by atoms with Gasteiger partial charge >= 0.3 is 0 Å². The zero-order chi connectivity index (χ0) is 9.68. The summed E-state index contributed by atoms with van der Waals surface area (Å²) in [7, 11) is 0. The topological polar surface area (TPSA) is 83.5 Å². The Morgan fingerprint density at radius 2 is 2.62 bits per heavy atom. The van der Waals surface area contributed by atoms with E-state index in [1.165, 1.54) is 0 Å². The van der Waals surface area contributed by atoms with Crippen LogP contribution in [0.1, 0.15) is 10.7 Å². The van der Waals surface area contributed by atoms with Crippen LogP contribution in [0, 0.1) is 6.92 Å². The molecule has 13 heavy (non-hydrogen) atoms. The minimum Gasteiger partial charge on any atom is -0.368 e. The Bertz CT molecular complexity index is 296. The molecule has 0 amide bonds. The highest BCUT2D eigenvalue weighted by molar-refractivity contribution is 7.09. The average Bonchev–Trinajstić information content (AvgIpc) is 2.51. The maximum absolute atomic E-state index is 8.32. The molecule has 1 aromatic heterocycles. The average molecular weight is 200 g/mol. The maximum atomic E-state index is 8.32. The lowest BCUT2D eigenvalue weighted by atomic mass is 10.4. The van der Waals surface area contributed by atoms with Crippen molar-refractivity contribution in [3.63, 3.8) is 0 Å². The SMILES string of the molecule is Cc1csc(CCN=C(N)NO)n1. The van der Waals surface area contributed by atoms with Crippen molar-refractivity contribution in [1.82, 2.24) is 10.5 Å². The number of hydrogen-bond donors (Lipinski definition) is 3. The monoisotopic (exact) mass is 200 g/mol. The Hall–Kier alpha value is -1.14. The third-order valence-corrected chi connectivity index (χ3v) is 2.42. The van der Waals surface area contributed by atoms with Crippen LogP contribution in [0.4, 0.5) is 0 Å². The summed E-state index contributed by atoms with van der Waals surface area (Å²) in [5.74, 6) is 0.0354. The van der Waals surface area contributed by atoms with E-state index in [4.69, 9.17) is 10.9 Å². The normalized spacial score (nSPS) is 11.7. The Morgan fingerprint density at radius 3 is 3.15 bits per heavy atom. The first-order valence-corrected chi connectivity index (χ1v) is 4.71. The molecule has 0 unspecified atom stereocenters. The zero-order valence-corrected chi connectivity index (χ0v) is 8.14. The summed E-state index contributed by atoms with van der Waals surface area (Å²) in [4.78, 5) is 8.11. The van der Waals surface area contributed by atoms with Crippen LogP contribution in [0.5, 0.6) is 0 Å². The molecule has 0 bridgehead atoms. The van der Waals surface area contributed by atoms with Crippen molar-refractivity contribution in [2.75, 3.05) is 6.54 Å². The van der Waals surface area contributed by atoms with Crippen molar-refractivity contribution in [2.24, 2.45) is 10.7 Å². The van der Waals surface area contributed by atoms with E-state index in [9.17, 15) is 0 Å². The van der Waals surface area contributed by atoms with Gasteiger partial charge in [0.2, 0.25) is 5.96 Å². The standard InChI is InChI=1S/C7H12N4OS/c1-5-4-13-6(10-5)2-3-9-7(8)11-12/h4,12H,2-3H2,1H3,(H3,8,9,11). The highest BCUT2D eigenvalue weighted by Gasteiger charge is 1.97. The number of hydrogen-bond acceptors (Lipinski definition) is 4. The summed E-state index contributed by atoms with van der Waals surface area (Å²) in [5.41, 5.74) is 8.01. The van der Waals surface area contributed by atoms with Gasteiger partial charge in [0.15, 0.2) is 0 Å². The largest absolute Gasteiger partial charge is 0.368 e. The summed E-state index contributed by atoms with van der Waals surface area (Å²) in [6.45, 7) is 2.49. The number of aromatic nitrogens is 1. The molecule has 0 fully saturated rings. The lowest BCUT2D eigenvalue weighted by Gasteiger charge is -1.95. The van der Waals surface area contributed by atoms with Crippen LogP contribution >= 0.6 is 11.3 Å². The highest BCUT2D eigenvalue weighted by atomic mass is 32.1. The van der Waals surface area contributed by atoms with Crippen LogP contribution in [0.25, 0.3) is 0 Å². The summed E-state index contributed by atoms with van der Waals surface area (Å²) in [5, 5.41) is 11.3. The van der Waals surface area contributed by atoms with E-state index in [0.717, 1.165) is 17.1 Å². The molecule has 0 aliphatic carbocycles. The summed E-state index contributed by atoms with van der Waals surface area (Å²) < 4.78 is 0. The molecule has 1 aromatic rings. The third kappa shape index (κ3) is 3.39. The fourth-order valence-electron chi connectivity index (χ4n) is 0.825. The number of aryl methyl sites for hydroxylation is 1. The van der Waals surface area contributed by atoms with Gasteiger partial charge in [-0.25, -0.2) is 10.5 Å². The van der Waals surface area contributed by atoms with Gasteiger partial charge in [-0.15, -0.1) is 11.3 Å². The molecular formula is C7H12N4OS. The molecule has 72 valence electrons. The van der Waals surface area contributed by atoms with Gasteiger partial charge in [0, 0.05) is 24.0 Å². The number of nitrogens with one attached hydrogen (secondary N) is 1. The summed E-state index contributed by atoms with van der Waals surface area (Å²) in [6.07, 6.45) is 0.751. The minimum atomic E-state index is 0.0354. The number of thiazole rings is 1. The number of nitrogens with zero attached hydrogens (tertiary/aromatic N) is 2. The third-order valence-electron chi connectivity index (χ3n) is 1.39. The molecular weight excluding hydrogens is 188 g/mol. The van der Waals surface area contributed by atoms with Gasteiger partial charge in [-0.05, 0) is 6.92 Å². The van der Waals surface area contributed by atoms with Crippen molar-refractivity contribution >= 4 is 17.3 Å². The molecule has 0 aromatic carbocycles. The van der Waals surface area contributed by atoms with Crippen LogP contribution < -0.4 is 11.2 Å². The molecule has 1 rings (SSSR count). The first-order chi connectivity index (χ1) is 6.22. The molecule has 0 atom stereocenters. The molecule has 0 saturated carbocycles. The molecule has 6 heteroatoms. The van der Waals surface area contributed by atoms with Gasteiger partial charge in [0.25, 0.3) is 0 Å². The predicted molar refractivity (Wildman–Crippen MR) is 52.0 cm³/mol. The molecule has 4 N–H and O–H groups in total. The van der Waals surface area contributed by atoms with Crippen molar-refractivity contribution in [2.45, 2.75) is 13.3 Å². The molecule has 0 saturated heterocycles. The molecule has 0 aliphatic rings. The van der Waals surface area contributed by atoms with Gasteiger partial charge in [-0.1, -0.05) is 0 Å². The first kappa shape index (κ1) is 9.94. The Morgan fingerprint density at radius 1 is 1.85 bits per heavy atom. The zero-order valence-electron chi connectivity index (χ0n) is 7.32. The number of nitrogens with two attached hydrogens (primary N) is 1. The van der Waals surface area contributed by atoms with Crippen LogP contribution in [0.15, 0.2) is 10.4 Å². The molecule has 5 nitrogen and oxygen atoms in total. The van der Waals surface area contributed by atoms with Crippen molar-refractivity contribution in [3.05, 3.63) is 16.1 Å². The summed E-state index contributed by atoms with van der Waals surface area (Å²) in [6, 6.07) is 0. The fraction of sp³-hybridized carbons (Fsp3) is 0.429. The number of aliphatic imine (C=N–C) groups is 1. The quantitative estimate of drug-likeness (QED) is 0.372. The van der Waals surface area contributed by atoms with Gasteiger partial charge in [-0.3, -0.25) is 10.2 Å².